The molecule has 0 amide bonds. The number of hydrogen-bond acceptors (Lipinski definition) is 3. The SMILES string of the molecule is Cc1cc2nn(CC3CCC3)cc2cc1C(=O)CCC1CCCCO1. The number of ketones is 1. The van der Waals surface area contributed by atoms with Gasteiger partial charge in [0.15, 0.2) is 5.78 Å². The monoisotopic (exact) mass is 340 g/mol. The average Bonchev–Trinajstić information content (AvgIpc) is 2.97. The predicted molar refractivity (Wildman–Crippen MR) is 99.0 cm³/mol. The fourth-order valence-corrected chi connectivity index (χ4v) is 4.02. The minimum atomic E-state index is 0.236. The number of aryl methyl sites for hydroxylation is 1. The van der Waals surface area contributed by atoms with Crippen LogP contribution in [0.15, 0.2) is 18.3 Å². The van der Waals surface area contributed by atoms with Crippen LogP contribution in [-0.2, 0) is 11.3 Å². The van der Waals surface area contributed by atoms with Crippen molar-refractivity contribution in [3.63, 3.8) is 0 Å². The molecule has 0 N–H and O–H groups in total. The average molecular weight is 340 g/mol. The van der Waals surface area contributed by atoms with E-state index in [1.165, 1.54) is 25.7 Å². The number of fused-ring (bicyclic) bond motifs is 1. The van der Waals surface area contributed by atoms with Gasteiger partial charge in [0, 0.05) is 36.7 Å². The molecule has 25 heavy (non-hydrogen) atoms. The Labute approximate surface area is 149 Å². The minimum Gasteiger partial charge on any atom is -0.378 e. The highest BCUT2D eigenvalue weighted by atomic mass is 16.5. The number of hydrogen-bond donors (Lipinski definition) is 0. The first-order valence-electron chi connectivity index (χ1n) is 9.81. The maximum absolute atomic E-state index is 12.7. The van der Waals surface area contributed by atoms with Crippen LogP contribution in [0, 0.1) is 12.8 Å². The van der Waals surface area contributed by atoms with Crippen LogP contribution in [-0.4, -0.2) is 28.3 Å². The van der Waals surface area contributed by atoms with Crippen molar-refractivity contribution in [2.24, 2.45) is 5.92 Å². The molecule has 1 aromatic carbocycles. The van der Waals surface area contributed by atoms with E-state index >= 15 is 0 Å². The van der Waals surface area contributed by atoms with Gasteiger partial charge >= 0.3 is 0 Å². The summed E-state index contributed by atoms with van der Waals surface area (Å²) in [6, 6.07) is 4.11. The third kappa shape index (κ3) is 3.79. The van der Waals surface area contributed by atoms with E-state index in [1.54, 1.807) is 0 Å². The van der Waals surface area contributed by atoms with Crippen molar-refractivity contribution in [1.82, 2.24) is 9.78 Å². The smallest absolute Gasteiger partial charge is 0.163 e. The Balaban J connectivity index is 1.46. The number of nitrogens with zero attached hydrogens (tertiary/aromatic N) is 2. The van der Waals surface area contributed by atoms with Gasteiger partial charge in [-0.05, 0) is 69.1 Å². The van der Waals surface area contributed by atoms with E-state index in [1.807, 2.05) is 13.0 Å². The van der Waals surface area contributed by atoms with Crippen molar-refractivity contribution in [2.75, 3.05) is 6.61 Å². The molecule has 134 valence electrons. The lowest BCUT2D eigenvalue weighted by atomic mass is 9.85. The summed E-state index contributed by atoms with van der Waals surface area (Å²) in [5.74, 6) is 1.02. The quantitative estimate of drug-likeness (QED) is 0.717. The van der Waals surface area contributed by atoms with Crippen molar-refractivity contribution in [3.05, 3.63) is 29.5 Å². The van der Waals surface area contributed by atoms with Crippen molar-refractivity contribution < 1.29 is 9.53 Å². The summed E-state index contributed by atoms with van der Waals surface area (Å²) in [5.41, 5.74) is 2.89. The normalized spacial score (nSPS) is 21.4. The largest absolute Gasteiger partial charge is 0.378 e. The molecule has 2 aromatic rings. The van der Waals surface area contributed by atoms with Crippen molar-refractivity contribution >= 4 is 16.7 Å². The summed E-state index contributed by atoms with van der Waals surface area (Å²) in [5, 5.41) is 5.79. The van der Waals surface area contributed by atoms with Crippen LogP contribution >= 0.6 is 0 Å². The lowest BCUT2D eigenvalue weighted by molar-refractivity contribution is 0.0104. The number of ether oxygens (including phenoxy) is 1. The van der Waals surface area contributed by atoms with E-state index in [2.05, 4.69) is 16.9 Å². The van der Waals surface area contributed by atoms with Gasteiger partial charge in [0.05, 0.1) is 11.6 Å². The van der Waals surface area contributed by atoms with Gasteiger partial charge < -0.3 is 4.74 Å². The topological polar surface area (TPSA) is 44.1 Å². The zero-order valence-electron chi connectivity index (χ0n) is 15.2. The third-order valence-electron chi connectivity index (χ3n) is 5.84. The molecule has 0 bridgehead atoms. The van der Waals surface area contributed by atoms with E-state index in [-0.39, 0.29) is 11.9 Å². The summed E-state index contributed by atoms with van der Waals surface area (Å²) in [6.45, 7) is 3.88. The van der Waals surface area contributed by atoms with Gasteiger partial charge in [0.1, 0.15) is 0 Å². The summed E-state index contributed by atoms with van der Waals surface area (Å²) in [4.78, 5) is 12.7. The summed E-state index contributed by atoms with van der Waals surface area (Å²) in [7, 11) is 0. The second kappa shape index (κ2) is 7.28. The van der Waals surface area contributed by atoms with Gasteiger partial charge in [0.25, 0.3) is 0 Å². The van der Waals surface area contributed by atoms with Crippen LogP contribution in [0.25, 0.3) is 10.9 Å². The summed E-state index contributed by atoms with van der Waals surface area (Å²) >= 11 is 0. The van der Waals surface area contributed by atoms with E-state index < -0.39 is 0 Å². The highest BCUT2D eigenvalue weighted by Crippen LogP contribution is 2.29. The number of Topliss-reactive ketones (excluding diaryl/α,β-unsaturated/α-hetero) is 1. The molecule has 4 nitrogen and oxygen atoms in total. The minimum absolute atomic E-state index is 0.236. The molecular weight excluding hydrogens is 312 g/mol. The molecule has 1 unspecified atom stereocenters. The molecule has 2 fully saturated rings. The fourth-order valence-electron chi connectivity index (χ4n) is 4.02. The van der Waals surface area contributed by atoms with Crippen molar-refractivity contribution in [2.45, 2.75) is 70.9 Å². The molecular formula is C21H28N2O2. The van der Waals surface area contributed by atoms with Crippen LogP contribution in [0.4, 0.5) is 0 Å². The molecule has 1 aliphatic heterocycles. The molecule has 1 aromatic heterocycles. The summed E-state index contributed by atoms with van der Waals surface area (Å²) < 4.78 is 7.82. The first-order chi connectivity index (χ1) is 12.2. The molecule has 4 heteroatoms. The van der Waals surface area contributed by atoms with Gasteiger partial charge in [-0.2, -0.15) is 5.10 Å². The van der Waals surface area contributed by atoms with Crippen LogP contribution in [0.1, 0.15) is 67.3 Å². The number of carbonyl (C=O) groups excluding carboxylic acids is 1. The van der Waals surface area contributed by atoms with Crippen LogP contribution in [0.2, 0.25) is 0 Å². The van der Waals surface area contributed by atoms with Gasteiger partial charge in [-0.3, -0.25) is 9.48 Å². The Bertz CT molecular complexity index is 755. The highest BCUT2D eigenvalue weighted by Gasteiger charge is 2.20. The number of benzene rings is 1. The molecule has 1 saturated carbocycles. The number of rotatable bonds is 6. The first kappa shape index (κ1) is 16.8. The molecule has 1 atom stereocenters. The molecule has 2 aliphatic rings. The zero-order valence-corrected chi connectivity index (χ0v) is 15.2. The summed E-state index contributed by atoms with van der Waals surface area (Å²) in [6.07, 6.45) is 11.3. The lowest BCUT2D eigenvalue weighted by Gasteiger charge is -2.24. The van der Waals surface area contributed by atoms with Gasteiger partial charge in [-0.15, -0.1) is 0 Å². The van der Waals surface area contributed by atoms with E-state index in [9.17, 15) is 4.79 Å². The predicted octanol–water partition coefficient (Wildman–Crippen LogP) is 4.68. The lowest BCUT2D eigenvalue weighted by Crippen LogP contribution is -2.20. The van der Waals surface area contributed by atoms with Crippen molar-refractivity contribution in [3.8, 4) is 0 Å². The second-order valence-corrected chi connectivity index (χ2v) is 7.82. The third-order valence-corrected chi connectivity index (χ3v) is 5.84. The van der Waals surface area contributed by atoms with Gasteiger partial charge in [-0.1, -0.05) is 6.42 Å². The van der Waals surface area contributed by atoms with Gasteiger partial charge in [-0.25, -0.2) is 0 Å². The Hall–Kier alpha value is -1.68. The number of aromatic nitrogens is 2. The Kier molecular flexibility index (Phi) is 4.89. The highest BCUT2D eigenvalue weighted by molar-refractivity contribution is 6.00. The van der Waals surface area contributed by atoms with E-state index in [0.717, 1.165) is 60.4 Å². The molecule has 1 aliphatic carbocycles. The maximum Gasteiger partial charge on any atom is 0.163 e. The Morgan fingerprint density at radius 1 is 1.24 bits per heavy atom. The Morgan fingerprint density at radius 2 is 2.12 bits per heavy atom. The first-order valence-corrected chi connectivity index (χ1v) is 9.81. The Morgan fingerprint density at radius 3 is 2.84 bits per heavy atom. The molecule has 0 spiro atoms. The molecule has 0 radical (unpaired) electrons. The number of carbonyl (C=O) groups is 1. The van der Waals surface area contributed by atoms with E-state index in [0.29, 0.717) is 6.42 Å². The molecule has 1 saturated heterocycles. The maximum atomic E-state index is 12.7. The van der Waals surface area contributed by atoms with Crippen LogP contribution in [0.5, 0.6) is 0 Å². The molecule has 2 heterocycles. The van der Waals surface area contributed by atoms with Gasteiger partial charge in [0.2, 0.25) is 0 Å². The van der Waals surface area contributed by atoms with Crippen molar-refractivity contribution in [1.29, 1.82) is 0 Å². The van der Waals surface area contributed by atoms with E-state index in [4.69, 9.17) is 9.84 Å². The zero-order chi connectivity index (χ0) is 17.2. The second-order valence-electron chi connectivity index (χ2n) is 7.82. The van der Waals surface area contributed by atoms with Crippen LogP contribution in [0.3, 0.4) is 0 Å². The fraction of sp³-hybridized carbons (Fsp3) is 0.619. The molecule has 4 rings (SSSR count). The standard InChI is InChI=1S/C21H28N2O2/c1-15-11-20-17(14-23(22-20)13-16-5-4-6-16)12-19(15)21(24)9-8-18-7-2-3-10-25-18/h11-12,14,16,18H,2-10,13H2,1H3. The van der Waals surface area contributed by atoms with Crippen LogP contribution < -0.4 is 0 Å².